The summed E-state index contributed by atoms with van der Waals surface area (Å²) in [5.74, 6) is 0.00670. The summed E-state index contributed by atoms with van der Waals surface area (Å²) < 4.78 is 44.4. The molecule has 3 rings (SSSR count). The molecule has 3 N–H and O–H groups in total. The van der Waals surface area contributed by atoms with Gasteiger partial charge < -0.3 is 15.4 Å². The van der Waals surface area contributed by atoms with Crippen molar-refractivity contribution >= 4 is 27.2 Å². The van der Waals surface area contributed by atoms with Crippen molar-refractivity contribution in [2.24, 2.45) is 0 Å². The molecule has 0 radical (unpaired) electrons. The number of hydrogen-bond acceptors (Lipinski definition) is 8. The summed E-state index contributed by atoms with van der Waals surface area (Å²) in [5.41, 5.74) is 6.69. The smallest absolute Gasteiger partial charge is 0.211 e. The molecule has 0 atom stereocenters. The Labute approximate surface area is 175 Å². The number of nitrogen functional groups attached to an aromatic ring is 1. The van der Waals surface area contributed by atoms with Gasteiger partial charge in [0.15, 0.2) is 11.6 Å². The van der Waals surface area contributed by atoms with Gasteiger partial charge in [-0.25, -0.2) is 22.8 Å². The van der Waals surface area contributed by atoms with Gasteiger partial charge in [0.05, 0.1) is 23.8 Å². The Hall–Kier alpha value is -2.79. The predicted molar refractivity (Wildman–Crippen MR) is 113 cm³/mol. The quantitative estimate of drug-likeness (QED) is 0.519. The molecule has 9 nitrogen and oxygen atoms in total. The van der Waals surface area contributed by atoms with E-state index in [-0.39, 0.29) is 23.3 Å². The first-order valence-electron chi connectivity index (χ1n) is 9.43. The topological polar surface area (TPSA) is 126 Å². The maximum absolute atomic E-state index is 14.1. The molecular formula is C19H25FN6O3S. The second-order valence-electron chi connectivity index (χ2n) is 7.32. The first-order chi connectivity index (χ1) is 14.1. The minimum Gasteiger partial charge on any atom is -0.488 e. The van der Waals surface area contributed by atoms with Crippen molar-refractivity contribution < 1.29 is 17.5 Å². The molecular weight excluding hydrogens is 411 g/mol. The van der Waals surface area contributed by atoms with Crippen molar-refractivity contribution in [2.75, 3.05) is 43.1 Å². The Bertz CT molecular complexity index is 1050. The van der Waals surface area contributed by atoms with E-state index in [0.29, 0.717) is 43.3 Å². The van der Waals surface area contributed by atoms with Gasteiger partial charge in [-0.1, -0.05) is 0 Å². The lowest BCUT2D eigenvalue weighted by Gasteiger charge is -2.34. The Morgan fingerprint density at radius 2 is 1.87 bits per heavy atom. The van der Waals surface area contributed by atoms with E-state index in [9.17, 15) is 12.8 Å². The molecule has 1 aliphatic rings. The standard InChI is InChI=1S/C19H25FN6O3S/c1-12(2)29-17-8-13(15(21)9-14(17)20)19(22)16-10-18(24-11-23-16)25-4-6-26(7-5-25)30(3,27)28/h8-12,22H,4-7,21H2,1-3H3. The fourth-order valence-corrected chi connectivity index (χ4v) is 4.00. The van der Waals surface area contributed by atoms with Gasteiger partial charge in [0.25, 0.3) is 0 Å². The van der Waals surface area contributed by atoms with Crippen molar-refractivity contribution in [1.82, 2.24) is 14.3 Å². The lowest BCUT2D eigenvalue weighted by atomic mass is 10.0. The van der Waals surface area contributed by atoms with Crippen LogP contribution in [0.15, 0.2) is 24.5 Å². The highest BCUT2D eigenvalue weighted by molar-refractivity contribution is 7.88. The minimum absolute atomic E-state index is 0.0135. The number of ether oxygens (including phenoxy) is 1. The summed E-state index contributed by atoms with van der Waals surface area (Å²) in [6.45, 7) is 5.22. The molecule has 1 aromatic heterocycles. The number of piperazine rings is 1. The van der Waals surface area contributed by atoms with Crippen LogP contribution in [0.4, 0.5) is 15.9 Å². The van der Waals surface area contributed by atoms with E-state index < -0.39 is 15.8 Å². The van der Waals surface area contributed by atoms with E-state index in [1.54, 1.807) is 19.9 Å². The predicted octanol–water partition coefficient (Wildman–Crippen LogP) is 1.48. The summed E-state index contributed by atoms with van der Waals surface area (Å²) in [6.07, 6.45) is 2.30. The highest BCUT2D eigenvalue weighted by Gasteiger charge is 2.25. The molecule has 30 heavy (non-hydrogen) atoms. The zero-order chi connectivity index (χ0) is 22.1. The lowest BCUT2D eigenvalue weighted by Crippen LogP contribution is -2.48. The summed E-state index contributed by atoms with van der Waals surface area (Å²) in [4.78, 5) is 10.3. The highest BCUT2D eigenvalue weighted by Crippen LogP contribution is 2.27. The van der Waals surface area contributed by atoms with Gasteiger partial charge in [0, 0.05) is 49.6 Å². The number of nitrogens with one attached hydrogen (secondary N) is 1. The molecule has 162 valence electrons. The van der Waals surface area contributed by atoms with Gasteiger partial charge in [-0.3, -0.25) is 5.41 Å². The monoisotopic (exact) mass is 436 g/mol. The van der Waals surface area contributed by atoms with Crippen LogP contribution in [-0.2, 0) is 10.0 Å². The van der Waals surface area contributed by atoms with Crippen molar-refractivity contribution in [3.63, 3.8) is 0 Å². The van der Waals surface area contributed by atoms with Gasteiger partial charge in [-0.05, 0) is 19.9 Å². The Morgan fingerprint density at radius 1 is 1.20 bits per heavy atom. The zero-order valence-corrected chi connectivity index (χ0v) is 17.9. The van der Waals surface area contributed by atoms with Crippen molar-refractivity contribution in [3.8, 4) is 5.75 Å². The molecule has 0 amide bonds. The van der Waals surface area contributed by atoms with Crippen LogP contribution in [0.1, 0.15) is 25.1 Å². The van der Waals surface area contributed by atoms with E-state index in [2.05, 4.69) is 9.97 Å². The fourth-order valence-electron chi connectivity index (χ4n) is 3.17. The number of halogens is 1. The van der Waals surface area contributed by atoms with E-state index in [4.69, 9.17) is 15.9 Å². The second kappa shape index (κ2) is 8.52. The number of rotatable bonds is 6. The third-order valence-electron chi connectivity index (χ3n) is 4.68. The van der Waals surface area contributed by atoms with E-state index in [1.807, 2.05) is 4.90 Å². The van der Waals surface area contributed by atoms with Gasteiger partial charge in [0.2, 0.25) is 10.0 Å². The number of sulfonamides is 1. The van der Waals surface area contributed by atoms with Crippen molar-refractivity contribution in [1.29, 1.82) is 5.41 Å². The summed E-state index contributed by atoms with van der Waals surface area (Å²) in [6, 6.07) is 4.18. The van der Waals surface area contributed by atoms with E-state index in [0.717, 1.165) is 6.07 Å². The molecule has 2 heterocycles. The van der Waals surface area contributed by atoms with E-state index in [1.165, 1.54) is 23.0 Å². The Kier molecular flexibility index (Phi) is 6.22. The van der Waals surface area contributed by atoms with Crippen LogP contribution < -0.4 is 15.4 Å². The molecule has 0 saturated carbocycles. The molecule has 1 aromatic carbocycles. The van der Waals surface area contributed by atoms with Crippen LogP contribution in [0.3, 0.4) is 0 Å². The number of anilines is 2. The van der Waals surface area contributed by atoms with Gasteiger partial charge in [0.1, 0.15) is 12.1 Å². The Balaban J connectivity index is 1.84. The van der Waals surface area contributed by atoms with Crippen LogP contribution in [-0.4, -0.2) is 66.9 Å². The third-order valence-corrected chi connectivity index (χ3v) is 5.98. The molecule has 1 fully saturated rings. The minimum atomic E-state index is -3.23. The number of hydrogen-bond donors (Lipinski definition) is 2. The first kappa shape index (κ1) is 21.9. The molecule has 1 aliphatic heterocycles. The van der Waals surface area contributed by atoms with Crippen molar-refractivity contribution in [3.05, 3.63) is 41.6 Å². The zero-order valence-electron chi connectivity index (χ0n) is 17.1. The van der Waals surface area contributed by atoms with Gasteiger partial charge in [-0.15, -0.1) is 0 Å². The summed E-state index contributed by atoms with van der Waals surface area (Å²) >= 11 is 0. The molecule has 0 spiro atoms. The maximum Gasteiger partial charge on any atom is 0.211 e. The molecule has 2 aromatic rings. The summed E-state index contributed by atoms with van der Waals surface area (Å²) in [5, 5.41) is 8.53. The number of benzene rings is 1. The van der Waals surface area contributed by atoms with Crippen LogP contribution in [0.5, 0.6) is 5.75 Å². The van der Waals surface area contributed by atoms with Crippen LogP contribution in [0.2, 0.25) is 0 Å². The largest absolute Gasteiger partial charge is 0.488 e. The normalized spacial score (nSPS) is 15.4. The molecule has 11 heteroatoms. The number of nitrogens with two attached hydrogens (primary N) is 1. The van der Waals surface area contributed by atoms with Crippen LogP contribution in [0, 0.1) is 11.2 Å². The average molecular weight is 437 g/mol. The average Bonchev–Trinajstić information content (AvgIpc) is 2.69. The first-order valence-corrected chi connectivity index (χ1v) is 11.3. The lowest BCUT2D eigenvalue weighted by molar-refractivity contribution is 0.231. The molecule has 0 aliphatic carbocycles. The number of aromatic nitrogens is 2. The Morgan fingerprint density at radius 3 is 2.47 bits per heavy atom. The third kappa shape index (κ3) is 4.85. The molecule has 0 unspecified atom stereocenters. The van der Waals surface area contributed by atoms with Gasteiger partial charge >= 0.3 is 0 Å². The summed E-state index contributed by atoms with van der Waals surface area (Å²) in [7, 11) is -3.23. The van der Waals surface area contributed by atoms with Gasteiger partial charge in [-0.2, -0.15) is 4.31 Å². The highest BCUT2D eigenvalue weighted by atomic mass is 32.2. The molecule has 1 saturated heterocycles. The number of nitrogens with zero attached hydrogens (tertiary/aromatic N) is 4. The maximum atomic E-state index is 14.1. The van der Waals surface area contributed by atoms with E-state index >= 15 is 0 Å². The van der Waals surface area contributed by atoms with Crippen molar-refractivity contribution in [2.45, 2.75) is 20.0 Å². The van der Waals surface area contributed by atoms with Crippen LogP contribution >= 0.6 is 0 Å². The SMILES string of the molecule is CC(C)Oc1cc(C(=N)c2cc(N3CCN(S(C)(=O)=O)CC3)ncn2)c(N)cc1F. The molecule has 0 bridgehead atoms. The second-order valence-corrected chi connectivity index (χ2v) is 9.30. The van der Waals surface area contributed by atoms with Crippen LogP contribution in [0.25, 0.3) is 0 Å². The fraction of sp³-hybridized carbons (Fsp3) is 0.421.